The van der Waals surface area contributed by atoms with Crippen LogP contribution in [0.4, 0.5) is 0 Å². The minimum absolute atomic E-state index is 0.552. The number of hydrogen-bond donors (Lipinski definition) is 0. The van der Waals surface area contributed by atoms with E-state index in [9.17, 15) is 0 Å². The summed E-state index contributed by atoms with van der Waals surface area (Å²) in [5.74, 6) is -0.642. The van der Waals surface area contributed by atoms with Crippen molar-refractivity contribution in [1.82, 2.24) is 4.90 Å². The molecule has 1 atom stereocenters. The maximum absolute atomic E-state index is 6.15. The minimum atomic E-state index is -0.642. The summed E-state index contributed by atoms with van der Waals surface area (Å²) in [6.07, 6.45) is 8.91. The quantitative estimate of drug-likeness (QED) is 0.724. The van der Waals surface area contributed by atoms with Gasteiger partial charge < -0.3 is 14.2 Å². The number of nitrogens with zero attached hydrogens (tertiary/aromatic N) is 1. The van der Waals surface area contributed by atoms with Crippen LogP contribution in [0.5, 0.6) is 0 Å². The third kappa shape index (κ3) is 5.01. The van der Waals surface area contributed by atoms with E-state index in [1.807, 2.05) is 36.4 Å². The lowest BCUT2D eigenvalue weighted by molar-refractivity contribution is -0.211. The SMILES string of the molecule is C1=CCC(OCCN2CCOCC2)(OCc2ccccc2)C=C1. The van der Waals surface area contributed by atoms with E-state index in [2.05, 4.69) is 23.1 Å². The molecule has 1 heterocycles. The van der Waals surface area contributed by atoms with Gasteiger partial charge in [0.2, 0.25) is 0 Å². The third-order valence-corrected chi connectivity index (χ3v) is 4.18. The number of rotatable bonds is 7. The predicted molar refractivity (Wildman–Crippen MR) is 90.1 cm³/mol. The van der Waals surface area contributed by atoms with Gasteiger partial charge in [-0.1, -0.05) is 48.6 Å². The minimum Gasteiger partial charge on any atom is -0.379 e. The summed E-state index contributed by atoms with van der Waals surface area (Å²) in [6, 6.07) is 10.2. The van der Waals surface area contributed by atoms with Crippen LogP contribution >= 0.6 is 0 Å². The first-order valence-corrected chi connectivity index (χ1v) is 8.33. The van der Waals surface area contributed by atoms with Gasteiger partial charge >= 0.3 is 0 Å². The molecule has 0 amide bonds. The van der Waals surface area contributed by atoms with Gasteiger partial charge in [0.25, 0.3) is 0 Å². The van der Waals surface area contributed by atoms with E-state index < -0.39 is 5.79 Å². The van der Waals surface area contributed by atoms with Crippen molar-refractivity contribution in [2.24, 2.45) is 0 Å². The third-order valence-electron chi connectivity index (χ3n) is 4.18. The molecule has 1 aliphatic heterocycles. The summed E-state index contributed by atoms with van der Waals surface area (Å²) in [7, 11) is 0. The highest BCUT2D eigenvalue weighted by Gasteiger charge is 2.29. The molecule has 1 aromatic carbocycles. The molecule has 1 aliphatic carbocycles. The molecule has 0 radical (unpaired) electrons. The zero-order chi connectivity index (χ0) is 15.8. The van der Waals surface area contributed by atoms with Crippen LogP contribution in [0.15, 0.2) is 54.6 Å². The van der Waals surface area contributed by atoms with Crippen molar-refractivity contribution < 1.29 is 14.2 Å². The molecule has 1 saturated heterocycles. The predicted octanol–water partition coefficient (Wildman–Crippen LogP) is 2.76. The summed E-state index contributed by atoms with van der Waals surface area (Å²) >= 11 is 0. The highest BCUT2D eigenvalue weighted by atomic mass is 16.7. The molecule has 23 heavy (non-hydrogen) atoms. The summed E-state index contributed by atoms with van der Waals surface area (Å²) in [6.45, 7) is 5.73. The molecule has 3 rings (SSSR count). The first kappa shape index (κ1) is 16.4. The van der Waals surface area contributed by atoms with Gasteiger partial charge in [-0.05, 0) is 11.6 Å². The zero-order valence-electron chi connectivity index (χ0n) is 13.5. The number of allylic oxidation sites excluding steroid dienone is 2. The second kappa shape index (κ2) is 8.41. The van der Waals surface area contributed by atoms with Gasteiger partial charge in [0.15, 0.2) is 5.79 Å². The molecule has 4 heteroatoms. The molecule has 0 saturated carbocycles. The van der Waals surface area contributed by atoms with Crippen LogP contribution in [0.1, 0.15) is 12.0 Å². The Balaban J connectivity index is 1.51. The van der Waals surface area contributed by atoms with E-state index in [0.717, 1.165) is 44.8 Å². The Kier molecular flexibility index (Phi) is 6.00. The number of benzene rings is 1. The lowest BCUT2D eigenvalue weighted by Crippen LogP contribution is -2.41. The summed E-state index contributed by atoms with van der Waals surface area (Å²) in [5, 5.41) is 0. The van der Waals surface area contributed by atoms with E-state index in [0.29, 0.717) is 13.2 Å². The fraction of sp³-hybridized carbons (Fsp3) is 0.474. The molecule has 0 aromatic heterocycles. The van der Waals surface area contributed by atoms with E-state index in [1.165, 1.54) is 0 Å². The van der Waals surface area contributed by atoms with Crippen molar-refractivity contribution in [2.75, 3.05) is 39.5 Å². The van der Waals surface area contributed by atoms with E-state index in [-0.39, 0.29) is 0 Å². The van der Waals surface area contributed by atoms with Crippen LogP contribution in [-0.2, 0) is 20.8 Å². The van der Waals surface area contributed by atoms with Gasteiger partial charge in [-0.3, -0.25) is 4.90 Å². The Morgan fingerprint density at radius 1 is 1.04 bits per heavy atom. The lowest BCUT2D eigenvalue weighted by atomic mass is 10.1. The Morgan fingerprint density at radius 2 is 1.87 bits per heavy atom. The zero-order valence-corrected chi connectivity index (χ0v) is 13.5. The Labute approximate surface area is 138 Å². The maximum atomic E-state index is 6.15. The molecular formula is C19H25NO3. The van der Waals surface area contributed by atoms with Crippen molar-refractivity contribution >= 4 is 0 Å². The van der Waals surface area contributed by atoms with Gasteiger partial charge in [0, 0.05) is 26.1 Å². The van der Waals surface area contributed by atoms with Crippen LogP contribution in [0.3, 0.4) is 0 Å². The number of ether oxygens (including phenoxy) is 3. The van der Waals surface area contributed by atoms with Crippen molar-refractivity contribution in [3.8, 4) is 0 Å². The van der Waals surface area contributed by atoms with E-state index in [1.54, 1.807) is 0 Å². The monoisotopic (exact) mass is 315 g/mol. The van der Waals surface area contributed by atoms with Gasteiger partial charge in [-0.2, -0.15) is 0 Å². The van der Waals surface area contributed by atoms with Crippen LogP contribution in [-0.4, -0.2) is 50.1 Å². The molecule has 4 nitrogen and oxygen atoms in total. The van der Waals surface area contributed by atoms with Crippen LogP contribution in [0, 0.1) is 0 Å². The van der Waals surface area contributed by atoms with Gasteiger partial charge in [0.05, 0.1) is 26.4 Å². The number of morpholine rings is 1. The molecule has 124 valence electrons. The van der Waals surface area contributed by atoms with Crippen molar-refractivity contribution in [2.45, 2.75) is 18.8 Å². The Morgan fingerprint density at radius 3 is 2.61 bits per heavy atom. The van der Waals surface area contributed by atoms with Crippen molar-refractivity contribution in [3.05, 3.63) is 60.2 Å². The topological polar surface area (TPSA) is 30.9 Å². The molecule has 0 bridgehead atoms. The van der Waals surface area contributed by atoms with Crippen molar-refractivity contribution in [3.63, 3.8) is 0 Å². The molecule has 1 aromatic rings. The molecule has 2 aliphatic rings. The van der Waals surface area contributed by atoms with Gasteiger partial charge in [-0.25, -0.2) is 0 Å². The second-order valence-electron chi connectivity index (χ2n) is 5.88. The van der Waals surface area contributed by atoms with Crippen molar-refractivity contribution in [1.29, 1.82) is 0 Å². The van der Waals surface area contributed by atoms with Crippen LogP contribution < -0.4 is 0 Å². The normalized spacial score (nSPS) is 24.9. The fourth-order valence-electron chi connectivity index (χ4n) is 2.79. The second-order valence-corrected chi connectivity index (χ2v) is 5.88. The molecular weight excluding hydrogens is 290 g/mol. The fourth-order valence-corrected chi connectivity index (χ4v) is 2.79. The Bertz CT molecular complexity index is 523. The van der Waals surface area contributed by atoms with E-state index in [4.69, 9.17) is 14.2 Å². The van der Waals surface area contributed by atoms with E-state index >= 15 is 0 Å². The maximum Gasteiger partial charge on any atom is 0.191 e. The number of hydrogen-bond acceptors (Lipinski definition) is 4. The van der Waals surface area contributed by atoms with Crippen LogP contribution in [0.25, 0.3) is 0 Å². The highest BCUT2D eigenvalue weighted by Crippen LogP contribution is 2.25. The standard InChI is InChI=1S/C19H25NO3/c1-3-7-18(8-4-1)17-23-19(9-5-2-6-10-19)22-16-13-20-11-14-21-15-12-20/h1-9H,10-17H2. The lowest BCUT2D eigenvalue weighted by Gasteiger charge is -2.33. The average Bonchev–Trinajstić information content (AvgIpc) is 2.63. The highest BCUT2D eigenvalue weighted by molar-refractivity contribution is 5.17. The smallest absolute Gasteiger partial charge is 0.191 e. The van der Waals surface area contributed by atoms with Crippen LogP contribution in [0.2, 0.25) is 0 Å². The molecule has 0 N–H and O–H groups in total. The molecule has 0 spiro atoms. The van der Waals surface area contributed by atoms with Gasteiger partial charge in [0.1, 0.15) is 0 Å². The summed E-state index contributed by atoms with van der Waals surface area (Å²) in [4.78, 5) is 2.37. The largest absolute Gasteiger partial charge is 0.379 e. The molecule has 1 unspecified atom stereocenters. The van der Waals surface area contributed by atoms with Gasteiger partial charge in [-0.15, -0.1) is 0 Å². The summed E-state index contributed by atoms with van der Waals surface area (Å²) < 4.78 is 17.7. The first-order valence-electron chi connectivity index (χ1n) is 8.33. The Hall–Kier alpha value is -1.46. The first-order chi connectivity index (χ1) is 11.4. The molecule has 1 fully saturated rings. The summed E-state index contributed by atoms with van der Waals surface area (Å²) in [5.41, 5.74) is 1.16. The average molecular weight is 315 g/mol.